The number of benzene rings is 2. The standard InChI is InChI=1S/C21H24N2O4/c1-14-7-9-16(10-8-14)21(3)19(25)23(20(26)22-21)12-17(24)13-27-18-6-4-5-15(2)11-18/h4-11,17,24H,12-13H2,1-3H3,(H,22,26). The minimum absolute atomic E-state index is 0.0121. The zero-order valence-electron chi connectivity index (χ0n) is 15.7. The number of nitrogens with zero attached hydrogens (tertiary/aromatic N) is 1. The lowest BCUT2D eigenvalue weighted by Gasteiger charge is -2.23. The van der Waals surface area contributed by atoms with Crippen LogP contribution in [0.2, 0.25) is 0 Å². The van der Waals surface area contributed by atoms with Crippen molar-refractivity contribution in [1.29, 1.82) is 0 Å². The molecule has 0 radical (unpaired) electrons. The predicted molar refractivity (Wildman–Crippen MR) is 101 cm³/mol. The van der Waals surface area contributed by atoms with Crippen molar-refractivity contribution in [2.24, 2.45) is 0 Å². The van der Waals surface area contributed by atoms with Crippen molar-refractivity contribution < 1.29 is 19.4 Å². The summed E-state index contributed by atoms with van der Waals surface area (Å²) in [6, 6.07) is 14.4. The minimum Gasteiger partial charge on any atom is -0.491 e. The molecule has 1 aliphatic heterocycles. The van der Waals surface area contributed by atoms with Gasteiger partial charge >= 0.3 is 6.03 Å². The summed E-state index contributed by atoms with van der Waals surface area (Å²) in [6.07, 6.45) is -0.986. The summed E-state index contributed by atoms with van der Waals surface area (Å²) >= 11 is 0. The Balaban J connectivity index is 1.65. The van der Waals surface area contributed by atoms with Crippen molar-refractivity contribution in [1.82, 2.24) is 10.2 Å². The molecule has 6 heteroatoms. The molecule has 2 aromatic carbocycles. The first kappa shape index (κ1) is 18.9. The number of carbonyl (C=O) groups excluding carboxylic acids is 2. The summed E-state index contributed by atoms with van der Waals surface area (Å²) in [4.78, 5) is 26.3. The van der Waals surface area contributed by atoms with Crippen LogP contribution < -0.4 is 10.1 Å². The topological polar surface area (TPSA) is 78.9 Å². The van der Waals surface area contributed by atoms with E-state index in [2.05, 4.69) is 5.32 Å². The van der Waals surface area contributed by atoms with Crippen LogP contribution >= 0.6 is 0 Å². The average molecular weight is 368 g/mol. The van der Waals surface area contributed by atoms with Gasteiger partial charge in [0.1, 0.15) is 24.0 Å². The van der Waals surface area contributed by atoms with Gasteiger partial charge in [-0.1, -0.05) is 42.0 Å². The molecule has 1 heterocycles. The lowest BCUT2D eigenvalue weighted by molar-refractivity contribution is -0.132. The van der Waals surface area contributed by atoms with Crippen LogP contribution in [-0.2, 0) is 10.3 Å². The highest BCUT2D eigenvalue weighted by molar-refractivity contribution is 6.07. The number of amides is 3. The van der Waals surface area contributed by atoms with Gasteiger partial charge in [-0.2, -0.15) is 0 Å². The lowest BCUT2D eigenvalue weighted by Crippen LogP contribution is -2.42. The number of hydrogen-bond donors (Lipinski definition) is 2. The molecule has 0 spiro atoms. The van der Waals surface area contributed by atoms with E-state index in [1.54, 1.807) is 13.0 Å². The highest BCUT2D eigenvalue weighted by Gasteiger charge is 2.49. The molecule has 2 atom stereocenters. The van der Waals surface area contributed by atoms with Crippen LogP contribution in [0, 0.1) is 13.8 Å². The van der Waals surface area contributed by atoms with E-state index in [-0.39, 0.29) is 19.1 Å². The van der Waals surface area contributed by atoms with E-state index >= 15 is 0 Å². The van der Waals surface area contributed by atoms with Crippen LogP contribution in [0.15, 0.2) is 48.5 Å². The molecule has 0 aliphatic carbocycles. The molecule has 27 heavy (non-hydrogen) atoms. The summed E-state index contributed by atoms with van der Waals surface area (Å²) in [5.74, 6) is 0.252. The molecule has 1 fully saturated rings. The second-order valence-electron chi connectivity index (χ2n) is 7.12. The normalized spacial score (nSPS) is 20.5. The first-order chi connectivity index (χ1) is 12.8. The van der Waals surface area contributed by atoms with E-state index in [0.717, 1.165) is 16.0 Å². The summed E-state index contributed by atoms with van der Waals surface area (Å²) in [5, 5.41) is 13.0. The smallest absolute Gasteiger partial charge is 0.325 e. The maximum Gasteiger partial charge on any atom is 0.325 e. The van der Waals surface area contributed by atoms with Crippen molar-refractivity contribution in [2.75, 3.05) is 13.2 Å². The molecule has 1 saturated heterocycles. The number of hydrogen-bond acceptors (Lipinski definition) is 4. The van der Waals surface area contributed by atoms with Gasteiger partial charge in [-0.15, -0.1) is 0 Å². The molecule has 0 aromatic heterocycles. The van der Waals surface area contributed by atoms with Crippen molar-refractivity contribution in [3.63, 3.8) is 0 Å². The molecular weight excluding hydrogens is 344 g/mol. The van der Waals surface area contributed by atoms with E-state index in [4.69, 9.17) is 4.74 Å². The fourth-order valence-corrected chi connectivity index (χ4v) is 3.11. The van der Waals surface area contributed by atoms with Crippen molar-refractivity contribution in [2.45, 2.75) is 32.4 Å². The third-order valence-electron chi connectivity index (χ3n) is 4.73. The zero-order chi connectivity index (χ0) is 19.6. The number of rotatable bonds is 6. The monoisotopic (exact) mass is 368 g/mol. The number of aliphatic hydroxyl groups excluding tert-OH is 1. The molecule has 2 N–H and O–H groups in total. The van der Waals surface area contributed by atoms with Gasteiger partial charge in [-0.3, -0.25) is 9.69 Å². The fourth-order valence-electron chi connectivity index (χ4n) is 3.11. The van der Waals surface area contributed by atoms with Gasteiger partial charge in [0.25, 0.3) is 5.91 Å². The van der Waals surface area contributed by atoms with Crippen molar-refractivity contribution in [3.05, 3.63) is 65.2 Å². The summed E-state index contributed by atoms with van der Waals surface area (Å²) in [5.41, 5.74) is 1.69. The highest BCUT2D eigenvalue weighted by atomic mass is 16.5. The zero-order valence-corrected chi connectivity index (χ0v) is 15.7. The van der Waals surface area contributed by atoms with E-state index in [0.29, 0.717) is 11.3 Å². The van der Waals surface area contributed by atoms with Crippen LogP contribution in [0.25, 0.3) is 0 Å². The van der Waals surface area contributed by atoms with E-state index < -0.39 is 17.7 Å². The van der Waals surface area contributed by atoms with E-state index in [1.807, 2.05) is 56.3 Å². The molecule has 0 bridgehead atoms. The second-order valence-corrected chi connectivity index (χ2v) is 7.12. The number of urea groups is 1. The fraction of sp³-hybridized carbons (Fsp3) is 0.333. The number of aliphatic hydroxyl groups is 1. The van der Waals surface area contributed by atoms with Crippen LogP contribution in [0.4, 0.5) is 4.79 Å². The Morgan fingerprint density at radius 3 is 2.48 bits per heavy atom. The Labute approximate surface area is 158 Å². The second kappa shape index (κ2) is 7.40. The van der Waals surface area contributed by atoms with E-state index in [9.17, 15) is 14.7 Å². The summed E-state index contributed by atoms with van der Waals surface area (Å²) in [6.45, 7) is 5.44. The van der Waals surface area contributed by atoms with Crippen LogP contribution in [0.1, 0.15) is 23.6 Å². The number of imide groups is 1. The number of β-amino-alcohol motifs (C(OH)–C–C–N with tert-alkyl or cyclic N) is 1. The largest absolute Gasteiger partial charge is 0.491 e. The number of nitrogens with one attached hydrogen (secondary N) is 1. The average Bonchev–Trinajstić information content (AvgIpc) is 2.85. The van der Waals surface area contributed by atoms with Crippen LogP contribution in [-0.4, -0.2) is 41.2 Å². The molecule has 6 nitrogen and oxygen atoms in total. The van der Waals surface area contributed by atoms with Crippen LogP contribution in [0.5, 0.6) is 5.75 Å². The number of carbonyl (C=O) groups is 2. The highest BCUT2D eigenvalue weighted by Crippen LogP contribution is 2.29. The molecular formula is C21H24N2O4. The lowest BCUT2D eigenvalue weighted by atomic mass is 9.91. The van der Waals surface area contributed by atoms with Gasteiger partial charge < -0.3 is 15.2 Å². The Hall–Kier alpha value is -2.86. The first-order valence-corrected chi connectivity index (χ1v) is 8.88. The van der Waals surface area contributed by atoms with Crippen LogP contribution in [0.3, 0.4) is 0 Å². The third kappa shape index (κ3) is 3.95. The molecule has 2 aromatic rings. The maximum atomic E-state index is 12.9. The molecule has 0 saturated carbocycles. The first-order valence-electron chi connectivity index (χ1n) is 8.88. The molecule has 2 unspecified atom stereocenters. The Morgan fingerprint density at radius 2 is 1.81 bits per heavy atom. The predicted octanol–water partition coefficient (Wildman–Crippen LogP) is 2.51. The molecule has 142 valence electrons. The van der Waals surface area contributed by atoms with Gasteiger partial charge in [0.05, 0.1) is 6.54 Å². The molecule has 1 aliphatic rings. The van der Waals surface area contributed by atoms with Gasteiger partial charge in [-0.25, -0.2) is 4.79 Å². The Kier molecular flexibility index (Phi) is 5.19. The Bertz CT molecular complexity index is 850. The maximum absolute atomic E-state index is 12.9. The van der Waals surface area contributed by atoms with Crippen molar-refractivity contribution in [3.8, 4) is 5.75 Å². The van der Waals surface area contributed by atoms with Gasteiger partial charge in [0, 0.05) is 0 Å². The molecule has 3 amide bonds. The van der Waals surface area contributed by atoms with Crippen molar-refractivity contribution >= 4 is 11.9 Å². The minimum atomic E-state index is -1.14. The quantitative estimate of drug-likeness (QED) is 0.768. The number of ether oxygens (including phenoxy) is 1. The SMILES string of the molecule is Cc1ccc(C2(C)NC(=O)N(CC(O)COc3cccc(C)c3)C2=O)cc1. The molecule has 3 rings (SSSR count). The van der Waals surface area contributed by atoms with Gasteiger partial charge in [0.2, 0.25) is 0 Å². The Morgan fingerprint density at radius 1 is 1.11 bits per heavy atom. The third-order valence-corrected chi connectivity index (χ3v) is 4.73. The summed E-state index contributed by atoms with van der Waals surface area (Å²) < 4.78 is 5.56. The summed E-state index contributed by atoms with van der Waals surface area (Å²) in [7, 11) is 0. The van der Waals surface area contributed by atoms with Gasteiger partial charge in [-0.05, 0) is 44.0 Å². The van der Waals surface area contributed by atoms with E-state index in [1.165, 1.54) is 0 Å². The number of aryl methyl sites for hydroxylation is 2. The van der Waals surface area contributed by atoms with Gasteiger partial charge in [0.15, 0.2) is 0 Å².